The number of anilines is 1. The Bertz CT molecular complexity index is 675. The summed E-state index contributed by atoms with van der Waals surface area (Å²) in [4.78, 5) is 7.27. The molecule has 0 atom stereocenters. The summed E-state index contributed by atoms with van der Waals surface area (Å²) in [6, 6.07) is 6.46. The number of pyridine rings is 1. The van der Waals surface area contributed by atoms with Crippen LogP contribution in [0.1, 0.15) is 38.6 Å². The van der Waals surface area contributed by atoms with Crippen molar-refractivity contribution < 1.29 is 0 Å². The molecule has 2 aromatic heterocycles. The highest BCUT2D eigenvalue weighted by atomic mass is 32.1. The van der Waals surface area contributed by atoms with Gasteiger partial charge in [-0.2, -0.15) is 5.26 Å². The predicted molar refractivity (Wildman–Crippen MR) is 82.1 cm³/mol. The molecule has 0 bridgehead atoms. The highest BCUT2D eigenvalue weighted by Crippen LogP contribution is 2.26. The molecule has 4 heteroatoms. The average molecular weight is 283 g/mol. The van der Waals surface area contributed by atoms with Gasteiger partial charge in [0.1, 0.15) is 11.9 Å². The van der Waals surface area contributed by atoms with E-state index in [9.17, 15) is 5.26 Å². The Morgan fingerprint density at radius 3 is 2.90 bits per heavy atom. The number of nitrogens with zero attached hydrogens (tertiary/aromatic N) is 2. The molecule has 1 aliphatic carbocycles. The molecule has 0 fully saturated rings. The normalized spacial score (nSPS) is 13.1. The summed E-state index contributed by atoms with van der Waals surface area (Å²) < 4.78 is 0. The topological polar surface area (TPSA) is 48.7 Å². The van der Waals surface area contributed by atoms with Crippen molar-refractivity contribution in [2.45, 2.75) is 39.7 Å². The maximum Gasteiger partial charge on any atom is 0.144 e. The molecule has 0 aliphatic heterocycles. The lowest BCUT2D eigenvalue weighted by molar-refractivity contribution is 0.899. The summed E-state index contributed by atoms with van der Waals surface area (Å²) in [7, 11) is 0. The molecular weight excluding hydrogens is 266 g/mol. The van der Waals surface area contributed by atoms with E-state index >= 15 is 0 Å². The van der Waals surface area contributed by atoms with E-state index in [0.29, 0.717) is 5.56 Å². The first-order chi connectivity index (χ1) is 9.67. The fourth-order valence-electron chi connectivity index (χ4n) is 2.60. The zero-order chi connectivity index (χ0) is 14.1. The van der Waals surface area contributed by atoms with E-state index in [1.807, 2.05) is 6.07 Å². The molecule has 1 aliphatic rings. The van der Waals surface area contributed by atoms with Gasteiger partial charge in [-0.25, -0.2) is 4.98 Å². The van der Waals surface area contributed by atoms with Crippen molar-refractivity contribution >= 4 is 17.2 Å². The van der Waals surface area contributed by atoms with E-state index in [1.54, 1.807) is 11.3 Å². The summed E-state index contributed by atoms with van der Waals surface area (Å²) in [5, 5.41) is 12.6. The second-order valence-electron chi connectivity index (χ2n) is 5.26. The maximum absolute atomic E-state index is 9.27. The first kappa shape index (κ1) is 13.1. The van der Waals surface area contributed by atoms with Gasteiger partial charge in [0.15, 0.2) is 0 Å². The van der Waals surface area contributed by atoms with Crippen LogP contribution in [0, 0.1) is 25.2 Å². The first-order valence-electron chi connectivity index (χ1n) is 6.90. The lowest BCUT2D eigenvalue weighted by Crippen LogP contribution is -2.04. The van der Waals surface area contributed by atoms with Crippen molar-refractivity contribution in [3.63, 3.8) is 0 Å². The lowest BCUT2D eigenvalue weighted by atomic mass is 10.1. The molecule has 0 saturated carbocycles. The Kier molecular flexibility index (Phi) is 3.45. The van der Waals surface area contributed by atoms with Gasteiger partial charge in [-0.05, 0) is 56.4 Å². The number of hydrogen-bond donors (Lipinski definition) is 1. The third kappa shape index (κ3) is 2.41. The van der Waals surface area contributed by atoms with E-state index < -0.39 is 0 Å². The zero-order valence-corrected chi connectivity index (χ0v) is 12.6. The quantitative estimate of drug-likeness (QED) is 0.933. The van der Waals surface area contributed by atoms with Crippen molar-refractivity contribution in [2.75, 3.05) is 5.32 Å². The predicted octanol–water partition coefficient (Wildman–Crippen LogP) is 3.73. The van der Waals surface area contributed by atoms with Crippen LogP contribution in [0.2, 0.25) is 0 Å². The van der Waals surface area contributed by atoms with Crippen molar-refractivity contribution in [3.05, 3.63) is 44.3 Å². The number of aromatic nitrogens is 1. The van der Waals surface area contributed by atoms with E-state index in [0.717, 1.165) is 37.3 Å². The van der Waals surface area contributed by atoms with Gasteiger partial charge in [-0.15, -0.1) is 11.3 Å². The molecule has 0 unspecified atom stereocenters. The molecule has 0 aromatic carbocycles. The second kappa shape index (κ2) is 5.26. The van der Waals surface area contributed by atoms with Gasteiger partial charge in [-0.1, -0.05) is 0 Å². The van der Waals surface area contributed by atoms with Crippen LogP contribution in [0.4, 0.5) is 5.82 Å². The van der Waals surface area contributed by atoms with Gasteiger partial charge in [-0.3, -0.25) is 0 Å². The molecule has 0 saturated heterocycles. The molecular formula is C16H17N3S. The summed E-state index contributed by atoms with van der Waals surface area (Å²) in [6.07, 6.45) is 3.24. The van der Waals surface area contributed by atoms with E-state index in [4.69, 9.17) is 0 Å². The van der Waals surface area contributed by atoms with Crippen molar-refractivity contribution in [3.8, 4) is 6.07 Å². The average Bonchev–Trinajstić information content (AvgIpc) is 3.02. The number of fused-ring (bicyclic) bond motifs is 1. The molecule has 0 radical (unpaired) electrons. The van der Waals surface area contributed by atoms with Crippen LogP contribution in [-0.2, 0) is 19.4 Å². The number of aryl methyl sites for hydroxylation is 4. The van der Waals surface area contributed by atoms with Gasteiger partial charge in [0.2, 0.25) is 0 Å². The minimum absolute atomic E-state index is 0.663. The Morgan fingerprint density at radius 2 is 2.20 bits per heavy atom. The van der Waals surface area contributed by atoms with Crippen LogP contribution >= 0.6 is 11.3 Å². The first-order valence-corrected chi connectivity index (χ1v) is 7.71. The Labute approximate surface area is 123 Å². The zero-order valence-electron chi connectivity index (χ0n) is 11.8. The number of nitrogens with one attached hydrogen (secondary N) is 1. The van der Waals surface area contributed by atoms with Crippen molar-refractivity contribution in [2.24, 2.45) is 0 Å². The third-order valence-electron chi connectivity index (χ3n) is 3.82. The van der Waals surface area contributed by atoms with Gasteiger partial charge in [0, 0.05) is 15.4 Å². The fourth-order valence-corrected chi connectivity index (χ4v) is 3.59. The summed E-state index contributed by atoms with van der Waals surface area (Å²) in [5.41, 5.74) is 4.39. The van der Waals surface area contributed by atoms with Crippen LogP contribution in [0.5, 0.6) is 0 Å². The Balaban J connectivity index is 1.82. The minimum Gasteiger partial charge on any atom is -0.364 e. The third-order valence-corrected chi connectivity index (χ3v) is 4.97. The standard InChI is InChI=1S/C16H17N3S/c1-10-6-14(20-11(10)2)9-18-16-13(8-17)7-12-4-3-5-15(12)19-16/h6-7H,3-5,9H2,1-2H3,(H,18,19). The summed E-state index contributed by atoms with van der Waals surface area (Å²) in [6.45, 7) is 5.00. The largest absolute Gasteiger partial charge is 0.364 e. The monoisotopic (exact) mass is 283 g/mol. The van der Waals surface area contributed by atoms with Crippen LogP contribution in [0.15, 0.2) is 12.1 Å². The molecule has 20 heavy (non-hydrogen) atoms. The van der Waals surface area contributed by atoms with Gasteiger partial charge in [0.05, 0.1) is 12.1 Å². The molecule has 3 rings (SSSR count). The minimum atomic E-state index is 0.663. The number of rotatable bonds is 3. The van der Waals surface area contributed by atoms with E-state index in [2.05, 4.69) is 36.3 Å². The number of nitriles is 1. The van der Waals surface area contributed by atoms with Gasteiger partial charge in [0.25, 0.3) is 0 Å². The molecule has 0 amide bonds. The van der Waals surface area contributed by atoms with Crippen molar-refractivity contribution in [1.82, 2.24) is 4.98 Å². The number of hydrogen-bond acceptors (Lipinski definition) is 4. The lowest BCUT2D eigenvalue weighted by Gasteiger charge is -2.08. The van der Waals surface area contributed by atoms with Crippen LogP contribution in [0.3, 0.4) is 0 Å². The molecule has 102 valence electrons. The molecule has 3 nitrogen and oxygen atoms in total. The molecule has 2 aromatic rings. The van der Waals surface area contributed by atoms with Crippen molar-refractivity contribution in [1.29, 1.82) is 5.26 Å². The maximum atomic E-state index is 9.27. The highest BCUT2D eigenvalue weighted by molar-refractivity contribution is 7.12. The van der Waals surface area contributed by atoms with Crippen LogP contribution < -0.4 is 5.32 Å². The van der Waals surface area contributed by atoms with Gasteiger partial charge >= 0.3 is 0 Å². The SMILES string of the molecule is Cc1cc(CNc2nc3c(cc2C#N)CCC3)sc1C. The molecule has 0 spiro atoms. The Hall–Kier alpha value is -1.86. The smallest absolute Gasteiger partial charge is 0.144 e. The summed E-state index contributed by atoms with van der Waals surface area (Å²) >= 11 is 1.80. The second-order valence-corrected chi connectivity index (χ2v) is 6.60. The van der Waals surface area contributed by atoms with E-state index in [-0.39, 0.29) is 0 Å². The van der Waals surface area contributed by atoms with Crippen LogP contribution in [-0.4, -0.2) is 4.98 Å². The van der Waals surface area contributed by atoms with E-state index in [1.165, 1.54) is 20.9 Å². The molecule has 1 N–H and O–H groups in total. The fraction of sp³-hybridized carbons (Fsp3) is 0.375. The summed E-state index contributed by atoms with van der Waals surface area (Å²) in [5.74, 6) is 0.733. The van der Waals surface area contributed by atoms with Gasteiger partial charge < -0.3 is 5.32 Å². The number of thiophene rings is 1. The molecule has 2 heterocycles. The Morgan fingerprint density at radius 1 is 1.35 bits per heavy atom. The van der Waals surface area contributed by atoms with Crippen LogP contribution in [0.25, 0.3) is 0 Å². The highest BCUT2D eigenvalue weighted by Gasteiger charge is 2.16.